The third-order valence-corrected chi connectivity index (χ3v) is 4.51. The molecule has 0 atom stereocenters. The maximum Gasteiger partial charge on any atom is 0.227 e. The van der Waals surface area contributed by atoms with Gasteiger partial charge in [-0.25, -0.2) is 9.97 Å². The number of carbonyl (C=O) groups is 1. The average molecular weight is 391 g/mol. The lowest BCUT2D eigenvalue weighted by molar-refractivity contribution is 0.0847. The molecule has 0 radical (unpaired) electrons. The Morgan fingerprint density at radius 3 is 2.31 bits per heavy atom. The molecule has 6 heteroatoms. The second-order valence-corrected chi connectivity index (χ2v) is 6.83. The number of Topliss-reactive ketones (excluding diaryl/α,β-unsaturated/α-hetero) is 1. The smallest absolute Gasteiger partial charge is 0.227 e. The van der Waals surface area contributed by atoms with Crippen LogP contribution in [0.15, 0.2) is 54.9 Å². The van der Waals surface area contributed by atoms with Gasteiger partial charge in [0.2, 0.25) is 5.95 Å². The standard InChI is InChI=1S/C23H25N3O3/c1-16-4-8-20(9-5-16)26-23-24-13-18(14-25-23)7-6-17-10-19(22(27)15-28-2)12-21(11-17)29-3/h4-5,8-14H,6-7,15H2,1-3H3,(H,24,25,26). The number of carbonyl (C=O) groups excluding carboxylic acids is 1. The highest BCUT2D eigenvalue weighted by Gasteiger charge is 2.10. The summed E-state index contributed by atoms with van der Waals surface area (Å²) in [5.74, 6) is 1.16. The molecule has 0 spiro atoms. The van der Waals surface area contributed by atoms with E-state index in [1.165, 1.54) is 12.7 Å². The summed E-state index contributed by atoms with van der Waals surface area (Å²) in [6.45, 7) is 2.10. The molecule has 1 N–H and O–H groups in total. The number of aryl methyl sites for hydroxylation is 3. The number of ketones is 1. The zero-order chi connectivity index (χ0) is 20.6. The van der Waals surface area contributed by atoms with Crippen LogP contribution in [0.2, 0.25) is 0 Å². The van der Waals surface area contributed by atoms with Crippen molar-refractivity contribution in [2.75, 3.05) is 26.1 Å². The van der Waals surface area contributed by atoms with Crippen molar-refractivity contribution in [2.24, 2.45) is 0 Å². The van der Waals surface area contributed by atoms with E-state index >= 15 is 0 Å². The summed E-state index contributed by atoms with van der Waals surface area (Å²) in [7, 11) is 3.10. The monoisotopic (exact) mass is 391 g/mol. The van der Waals surface area contributed by atoms with Crippen molar-refractivity contribution in [1.82, 2.24) is 9.97 Å². The van der Waals surface area contributed by atoms with Gasteiger partial charge in [0, 0.05) is 30.8 Å². The number of nitrogens with zero attached hydrogens (tertiary/aromatic N) is 2. The summed E-state index contributed by atoms with van der Waals surface area (Å²) in [4.78, 5) is 20.9. The topological polar surface area (TPSA) is 73.3 Å². The third-order valence-electron chi connectivity index (χ3n) is 4.51. The van der Waals surface area contributed by atoms with E-state index in [-0.39, 0.29) is 12.4 Å². The van der Waals surface area contributed by atoms with Crippen molar-refractivity contribution in [1.29, 1.82) is 0 Å². The second-order valence-electron chi connectivity index (χ2n) is 6.83. The molecule has 3 rings (SSSR count). The minimum Gasteiger partial charge on any atom is -0.497 e. The second kappa shape index (κ2) is 9.80. The predicted molar refractivity (Wildman–Crippen MR) is 113 cm³/mol. The van der Waals surface area contributed by atoms with Crippen LogP contribution in [0.3, 0.4) is 0 Å². The number of benzene rings is 2. The number of nitrogens with one attached hydrogen (secondary N) is 1. The van der Waals surface area contributed by atoms with Crippen LogP contribution < -0.4 is 10.1 Å². The normalized spacial score (nSPS) is 10.6. The number of ether oxygens (including phenoxy) is 2. The zero-order valence-electron chi connectivity index (χ0n) is 16.9. The Morgan fingerprint density at radius 1 is 0.966 bits per heavy atom. The highest BCUT2D eigenvalue weighted by molar-refractivity contribution is 5.97. The molecule has 150 valence electrons. The highest BCUT2D eigenvalue weighted by atomic mass is 16.5. The number of hydrogen-bond donors (Lipinski definition) is 1. The van der Waals surface area contributed by atoms with Gasteiger partial charge in [0.25, 0.3) is 0 Å². The van der Waals surface area contributed by atoms with E-state index in [9.17, 15) is 4.79 Å². The van der Waals surface area contributed by atoms with Gasteiger partial charge in [-0.3, -0.25) is 4.79 Å². The molecule has 2 aromatic carbocycles. The molecule has 0 fully saturated rings. The largest absolute Gasteiger partial charge is 0.497 e. The molecule has 0 saturated heterocycles. The Bertz CT molecular complexity index is 954. The number of hydrogen-bond acceptors (Lipinski definition) is 6. The number of methoxy groups -OCH3 is 2. The van der Waals surface area contributed by atoms with E-state index in [0.717, 1.165) is 29.7 Å². The molecule has 1 aromatic heterocycles. The molecular weight excluding hydrogens is 366 g/mol. The van der Waals surface area contributed by atoms with Gasteiger partial charge in [-0.1, -0.05) is 17.7 Å². The summed E-state index contributed by atoms with van der Waals surface area (Å²) in [5, 5.41) is 3.19. The molecule has 0 unspecified atom stereocenters. The number of anilines is 2. The summed E-state index contributed by atoms with van der Waals surface area (Å²) < 4.78 is 10.3. The predicted octanol–water partition coefficient (Wildman–Crippen LogP) is 4.15. The fraction of sp³-hybridized carbons (Fsp3) is 0.261. The van der Waals surface area contributed by atoms with E-state index in [2.05, 4.69) is 15.3 Å². The Hall–Kier alpha value is -3.25. The molecule has 0 aliphatic heterocycles. The van der Waals surface area contributed by atoms with Crippen molar-refractivity contribution in [3.63, 3.8) is 0 Å². The SMILES string of the molecule is COCC(=O)c1cc(CCc2cnc(Nc3ccc(C)cc3)nc2)cc(OC)c1. The third kappa shape index (κ3) is 5.86. The van der Waals surface area contributed by atoms with Crippen LogP contribution in [0.1, 0.15) is 27.0 Å². The lowest BCUT2D eigenvalue weighted by Gasteiger charge is -2.09. The summed E-state index contributed by atoms with van der Waals surface area (Å²) in [6, 6.07) is 13.6. The molecule has 3 aromatic rings. The van der Waals surface area contributed by atoms with E-state index in [1.54, 1.807) is 13.2 Å². The molecular formula is C23H25N3O3. The van der Waals surface area contributed by atoms with Gasteiger partial charge < -0.3 is 14.8 Å². The molecule has 0 aliphatic rings. The highest BCUT2D eigenvalue weighted by Crippen LogP contribution is 2.20. The van der Waals surface area contributed by atoms with E-state index < -0.39 is 0 Å². The quantitative estimate of drug-likeness (QED) is 0.553. The lowest BCUT2D eigenvalue weighted by atomic mass is 10.0. The van der Waals surface area contributed by atoms with E-state index in [0.29, 0.717) is 17.3 Å². The molecule has 0 amide bonds. The first-order chi connectivity index (χ1) is 14.1. The van der Waals surface area contributed by atoms with Crippen LogP contribution in [0.25, 0.3) is 0 Å². The Kier molecular flexibility index (Phi) is 6.92. The van der Waals surface area contributed by atoms with Crippen molar-refractivity contribution in [3.8, 4) is 5.75 Å². The molecule has 0 aliphatic carbocycles. The van der Waals surface area contributed by atoms with Crippen LogP contribution in [-0.2, 0) is 17.6 Å². The van der Waals surface area contributed by atoms with Crippen LogP contribution in [0.4, 0.5) is 11.6 Å². The van der Waals surface area contributed by atoms with Gasteiger partial charge in [0.1, 0.15) is 12.4 Å². The summed E-state index contributed by atoms with van der Waals surface area (Å²) in [6.07, 6.45) is 5.15. The number of aromatic nitrogens is 2. The molecule has 29 heavy (non-hydrogen) atoms. The average Bonchev–Trinajstić information content (AvgIpc) is 2.75. The minimum atomic E-state index is -0.0671. The zero-order valence-corrected chi connectivity index (χ0v) is 16.9. The molecule has 6 nitrogen and oxygen atoms in total. The maximum atomic E-state index is 12.1. The first-order valence-corrected chi connectivity index (χ1v) is 9.42. The van der Waals surface area contributed by atoms with Gasteiger partial charge in [0.15, 0.2) is 5.78 Å². The first kappa shape index (κ1) is 20.5. The van der Waals surface area contributed by atoms with E-state index in [1.807, 2.05) is 55.7 Å². The maximum absolute atomic E-state index is 12.1. The van der Waals surface area contributed by atoms with Gasteiger partial charge in [-0.05, 0) is 61.2 Å². The van der Waals surface area contributed by atoms with Crippen LogP contribution in [0.5, 0.6) is 5.75 Å². The van der Waals surface area contributed by atoms with Crippen molar-refractivity contribution in [2.45, 2.75) is 19.8 Å². The fourth-order valence-corrected chi connectivity index (χ4v) is 2.90. The van der Waals surface area contributed by atoms with Gasteiger partial charge in [-0.15, -0.1) is 0 Å². The summed E-state index contributed by atoms with van der Waals surface area (Å²) in [5.41, 5.74) is 4.79. The number of rotatable bonds is 9. The van der Waals surface area contributed by atoms with Crippen molar-refractivity contribution < 1.29 is 14.3 Å². The van der Waals surface area contributed by atoms with Crippen molar-refractivity contribution >= 4 is 17.4 Å². The van der Waals surface area contributed by atoms with Crippen molar-refractivity contribution in [3.05, 3.63) is 77.1 Å². The van der Waals surface area contributed by atoms with Gasteiger partial charge in [0.05, 0.1) is 7.11 Å². The van der Waals surface area contributed by atoms with Gasteiger partial charge >= 0.3 is 0 Å². The Morgan fingerprint density at radius 2 is 1.66 bits per heavy atom. The van der Waals surface area contributed by atoms with Crippen LogP contribution >= 0.6 is 0 Å². The molecule has 0 bridgehead atoms. The minimum absolute atomic E-state index is 0.0515. The van der Waals surface area contributed by atoms with E-state index in [4.69, 9.17) is 9.47 Å². The van der Waals surface area contributed by atoms with Gasteiger partial charge in [-0.2, -0.15) is 0 Å². The first-order valence-electron chi connectivity index (χ1n) is 9.42. The summed E-state index contributed by atoms with van der Waals surface area (Å²) >= 11 is 0. The Balaban J connectivity index is 1.64. The lowest BCUT2D eigenvalue weighted by Crippen LogP contribution is -2.08. The Labute approximate surface area is 170 Å². The fourth-order valence-electron chi connectivity index (χ4n) is 2.90. The molecule has 0 saturated carbocycles. The molecule has 1 heterocycles. The van der Waals surface area contributed by atoms with Crippen LogP contribution in [-0.4, -0.2) is 36.6 Å². The van der Waals surface area contributed by atoms with Crippen LogP contribution in [0, 0.1) is 6.92 Å².